The van der Waals surface area contributed by atoms with E-state index in [2.05, 4.69) is 56.5 Å². The lowest BCUT2D eigenvalue weighted by Crippen LogP contribution is -2.54. The maximum atomic E-state index is 13.9. The van der Waals surface area contributed by atoms with Gasteiger partial charge in [-0.2, -0.15) is 0 Å². The Kier molecular flexibility index (Phi) is 8.66. The van der Waals surface area contributed by atoms with Crippen LogP contribution in [0.3, 0.4) is 0 Å². The minimum atomic E-state index is -0.961. The van der Waals surface area contributed by atoms with Crippen LogP contribution in [0.1, 0.15) is 45.1 Å². The zero-order valence-corrected chi connectivity index (χ0v) is 25.4. The molecule has 2 amide bonds. The summed E-state index contributed by atoms with van der Waals surface area (Å²) >= 11 is 0. The fourth-order valence-corrected chi connectivity index (χ4v) is 6.28. The van der Waals surface area contributed by atoms with Gasteiger partial charge in [0, 0.05) is 76.0 Å². The van der Waals surface area contributed by atoms with E-state index >= 15 is 0 Å². The van der Waals surface area contributed by atoms with Gasteiger partial charge in [0.2, 0.25) is 5.91 Å². The Balaban J connectivity index is 1.10. The number of piperidine rings is 1. The first-order valence-corrected chi connectivity index (χ1v) is 15.7. The lowest BCUT2D eigenvalue weighted by atomic mass is 9.95. The lowest BCUT2D eigenvalue weighted by molar-refractivity contribution is -0.146. The normalized spacial score (nSPS) is 19.2. The van der Waals surface area contributed by atoms with Crippen LogP contribution in [0.15, 0.2) is 73.1 Å². The van der Waals surface area contributed by atoms with Crippen LogP contribution in [0.4, 0.5) is 5.69 Å². The predicted octanol–water partition coefficient (Wildman–Crippen LogP) is 4.75. The number of anilines is 1. The molecule has 2 saturated heterocycles. The van der Waals surface area contributed by atoms with Crippen molar-refractivity contribution in [3.05, 3.63) is 78.6 Å². The number of ether oxygens (including phenoxy) is 1. The van der Waals surface area contributed by atoms with Gasteiger partial charge in [-0.3, -0.25) is 14.6 Å². The molecular formula is C35H43N5O3. The number of pyridine rings is 1. The van der Waals surface area contributed by atoms with E-state index in [4.69, 9.17) is 4.74 Å². The van der Waals surface area contributed by atoms with E-state index in [0.717, 1.165) is 67.7 Å². The van der Waals surface area contributed by atoms with Crippen LogP contribution in [0.2, 0.25) is 0 Å². The molecule has 2 aromatic carbocycles. The summed E-state index contributed by atoms with van der Waals surface area (Å²) in [5.41, 5.74) is 3.45. The number of nitrogens with one attached hydrogen (secondary N) is 1. The van der Waals surface area contributed by atoms with Crippen LogP contribution < -0.4 is 15.0 Å². The van der Waals surface area contributed by atoms with Gasteiger partial charge in [-0.25, -0.2) is 0 Å². The number of rotatable bonds is 9. The maximum absolute atomic E-state index is 13.9. The molecule has 1 atom stereocenters. The van der Waals surface area contributed by atoms with Crippen molar-refractivity contribution in [2.24, 2.45) is 5.92 Å². The largest absolute Gasteiger partial charge is 0.478 e. The second-order valence-corrected chi connectivity index (χ2v) is 12.6. The zero-order valence-electron chi connectivity index (χ0n) is 25.4. The monoisotopic (exact) mass is 581 g/mol. The van der Waals surface area contributed by atoms with Crippen molar-refractivity contribution in [3.8, 4) is 16.9 Å². The molecule has 1 saturated carbocycles. The molecule has 0 spiro atoms. The Morgan fingerprint density at radius 3 is 2.49 bits per heavy atom. The van der Waals surface area contributed by atoms with Gasteiger partial charge < -0.3 is 24.8 Å². The average Bonchev–Trinajstić information content (AvgIpc) is 3.90. The SMILES string of the molecule is CC(C)(Oc1cccc(N2CCC[C@@H](C(=O)N(Cc3ccc(-c4cccnc4)cc3)C3CC3)C2)c1)C(=O)N1CCNCC1. The molecule has 2 aliphatic heterocycles. The van der Waals surface area contributed by atoms with E-state index in [1.54, 1.807) is 6.20 Å². The molecule has 226 valence electrons. The number of carbonyl (C=O) groups is 2. The number of carbonyl (C=O) groups excluding carboxylic acids is 2. The highest BCUT2D eigenvalue weighted by molar-refractivity contribution is 5.85. The summed E-state index contributed by atoms with van der Waals surface area (Å²) in [6.07, 6.45) is 7.69. The molecule has 3 heterocycles. The third-order valence-electron chi connectivity index (χ3n) is 8.82. The van der Waals surface area contributed by atoms with Crippen LogP contribution in [-0.4, -0.2) is 77.5 Å². The Labute approximate surface area is 255 Å². The lowest BCUT2D eigenvalue weighted by Gasteiger charge is -2.37. The van der Waals surface area contributed by atoms with E-state index < -0.39 is 5.60 Å². The fraction of sp³-hybridized carbons (Fsp3) is 0.457. The van der Waals surface area contributed by atoms with Crippen LogP contribution in [0, 0.1) is 5.92 Å². The Morgan fingerprint density at radius 2 is 1.77 bits per heavy atom. The smallest absolute Gasteiger partial charge is 0.266 e. The van der Waals surface area contributed by atoms with E-state index in [9.17, 15) is 9.59 Å². The number of hydrogen-bond acceptors (Lipinski definition) is 6. The van der Waals surface area contributed by atoms with Crippen molar-refractivity contribution in [1.29, 1.82) is 0 Å². The number of piperazine rings is 1. The summed E-state index contributed by atoms with van der Waals surface area (Å²) in [6, 6.07) is 20.9. The molecule has 1 N–H and O–H groups in total. The van der Waals surface area contributed by atoms with Gasteiger partial charge in [0.15, 0.2) is 5.60 Å². The molecule has 0 unspecified atom stereocenters. The molecule has 8 heteroatoms. The number of benzene rings is 2. The third kappa shape index (κ3) is 7.02. The summed E-state index contributed by atoms with van der Waals surface area (Å²) in [5, 5.41) is 3.29. The minimum Gasteiger partial charge on any atom is -0.478 e. The van der Waals surface area contributed by atoms with Crippen molar-refractivity contribution >= 4 is 17.5 Å². The first kappa shape index (κ1) is 29.2. The molecule has 1 aromatic heterocycles. The topological polar surface area (TPSA) is 78.0 Å². The van der Waals surface area contributed by atoms with E-state index in [1.165, 1.54) is 0 Å². The molecule has 6 rings (SSSR count). The summed E-state index contributed by atoms with van der Waals surface area (Å²) < 4.78 is 6.29. The van der Waals surface area contributed by atoms with Gasteiger partial charge in [-0.05, 0) is 74.4 Å². The van der Waals surface area contributed by atoms with Gasteiger partial charge >= 0.3 is 0 Å². The Morgan fingerprint density at radius 1 is 0.977 bits per heavy atom. The number of nitrogens with zero attached hydrogens (tertiary/aromatic N) is 4. The predicted molar refractivity (Wildman–Crippen MR) is 169 cm³/mol. The molecule has 0 bridgehead atoms. The van der Waals surface area contributed by atoms with Crippen LogP contribution in [-0.2, 0) is 16.1 Å². The zero-order chi connectivity index (χ0) is 29.8. The highest BCUT2D eigenvalue weighted by Gasteiger charge is 2.38. The summed E-state index contributed by atoms with van der Waals surface area (Å²) in [5.74, 6) is 0.904. The minimum absolute atomic E-state index is 0.00918. The summed E-state index contributed by atoms with van der Waals surface area (Å²) in [4.78, 5) is 37.7. The van der Waals surface area contributed by atoms with Crippen molar-refractivity contribution in [1.82, 2.24) is 20.1 Å². The van der Waals surface area contributed by atoms with E-state index in [0.29, 0.717) is 38.0 Å². The summed E-state index contributed by atoms with van der Waals surface area (Å²) in [7, 11) is 0. The van der Waals surface area contributed by atoms with Gasteiger partial charge in [0.05, 0.1) is 5.92 Å². The first-order valence-electron chi connectivity index (χ1n) is 15.7. The van der Waals surface area contributed by atoms with Crippen molar-refractivity contribution in [2.45, 2.75) is 57.7 Å². The van der Waals surface area contributed by atoms with Gasteiger partial charge in [-0.1, -0.05) is 36.4 Å². The molecule has 3 aliphatic rings. The van der Waals surface area contributed by atoms with E-state index in [1.807, 2.05) is 49.2 Å². The number of hydrogen-bond donors (Lipinski definition) is 1. The van der Waals surface area contributed by atoms with Gasteiger partial charge in [0.1, 0.15) is 5.75 Å². The summed E-state index contributed by atoms with van der Waals surface area (Å²) in [6.45, 7) is 8.94. The molecule has 1 aliphatic carbocycles. The average molecular weight is 582 g/mol. The highest BCUT2D eigenvalue weighted by Crippen LogP contribution is 2.34. The fourth-order valence-electron chi connectivity index (χ4n) is 6.28. The molecule has 3 aromatic rings. The first-order chi connectivity index (χ1) is 20.9. The standard InChI is InChI=1S/C35H43N5O3/c1-35(2,34(42)38-20-17-36-18-21-38)43-32-9-3-8-31(22-32)39-19-5-7-29(25-39)33(41)40(30-14-15-30)24-26-10-12-27(13-11-26)28-6-4-16-37-23-28/h3-4,6,8-13,16,22-23,29-30,36H,5,7,14-15,17-21,24-25H2,1-2H3/t29-/m1/s1. The third-order valence-corrected chi connectivity index (χ3v) is 8.82. The number of aromatic nitrogens is 1. The number of amides is 2. The van der Waals surface area contributed by atoms with Crippen molar-refractivity contribution in [2.75, 3.05) is 44.2 Å². The van der Waals surface area contributed by atoms with Crippen molar-refractivity contribution < 1.29 is 14.3 Å². The van der Waals surface area contributed by atoms with Crippen molar-refractivity contribution in [3.63, 3.8) is 0 Å². The van der Waals surface area contributed by atoms with Crippen LogP contribution >= 0.6 is 0 Å². The second-order valence-electron chi connectivity index (χ2n) is 12.6. The van der Waals surface area contributed by atoms with E-state index in [-0.39, 0.29) is 17.7 Å². The molecule has 8 nitrogen and oxygen atoms in total. The second kappa shape index (κ2) is 12.8. The van der Waals surface area contributed by atoms with Gasteiger partial charge in [0.25, 0.3) is 5.91 Å². The van der Waals surface area contributed by atoms with Crippen LogP contribution in [0.25, 0.3) is 11.1 Å². The Bertz CT molecular complexity index is 1400. The van der Waals surface area contributed by atoms with Gasteiger partial charge in [-0.15, -0.1) is 0 Å². The van der Waals surface area contributed by atoms with Crippen LogP contribution in [0.5, 0.6) is 5.75 Å². The molecule has 3 fully saturated rings. The Hall–Kier alpha value is -3.91. The quantitative estimate of drug-likeness (QED) is 0.393. The molecule has 0 radical (unpaired) electrons. The highest BCUT2D eigenvalue weighted by atomic mass is 16.5. The molecular weight excluding hydrogens is 538 g/mol. The maximum Gasteiger partial charge on any atom is 0.266 e. The molecule has 43 heavy (non-hydrogen) atoms.